The fourth-order valence-electron chi connectivity index (χ4n) is 6.09. The van der Waals surface area contributed by atoms with Crippen LogP contribution < -0.4 is 10.3 Å². The zero-order valence-corrected chi connectivity index (χ0v) is 25.9. The van der Waals surface area contributed by atoms with Crippen molar-refractivity contribution in [3.05, 3.63) is 59.3 Å². The van der Waals surface area contributed by atoms with Crippen LogP contribution >= 0.6 is 0 Å². The normalized spacial score (nSPS) is 20.3. The molecule has 0 aliphatic carbocycles. The molecular formula is C34H45FN4O4. The number of benzene rings is 1. The maximum atomic E-state index is 15.3. The van der Waals surface area contributed by atoms with Gasteiger partial charge in [-0.1, -0.05) is 25.5 Å². The number of halogens is 1. The highest BCUT2D eigenvalue weighted by atomic mass is 19.1. The zero-order chi connectivity index (χ0) is 30.6. The summed E-state index contributed by atoms with van der Waals surface area (Å²) in [6, 6.07) is 9.62. The van der Waals surface area contributed by atoms with E-state index in [1.807, 2.05) is 57.3 Å². The van der Waals surface area contributed by atoms with Crippen LogP contribution in [0.25, 0.3) is 21.9 Å². The van der Waals surface area contributed by atoms with Crippen molar-refractivity contribution >= 4 is 16.9 Å². The molecule has 2 aliphatic heterocycles. The minimum atomic E-state index is -1.08. The number of nitrogens with zero attached hydrogens (tertiary/aromatic N) is 4. The topological polar surface area (TPSA) is 76.9 Å². The first kappa shape index (κ1) is 31.0. The van der Waals surface area contributed by atoms with E-state index in [0.717, 1.165) is 55.3 Å². The predicted molar refractivity (Wildman–Crippen MR) is 167 cm³/mol. The van der Waals surface area contributed by atoms with E-state index >= 15 is 4.39 Å². The number of carbonyl (C=O) groups excluding carboxylic acids is 1. The number of hydrogen-bond acceptors (Lipinski definition) is 6. The molecule has 0 unspecified atom stereocenters. The van der Waals surface area contributed by atoms with Crippen LogP contribution in [0.2, 0.25) is 0 Å². The van der Waals surface area contributed by atoms with Crippen molar-refractivity contribution in [2.45, 2.75) is 84.2 Å². The lowest BCUT2D eigenvalue weighted by atomic mass is 9.95. The third-order valence-electron chi connectivity index (χ3n) is 8.44. The van der Waals surface area contributed by atoms with Gasteiger partial charge in [-0.3, -0.25) is 14.7 Å². The molecule has 0 saturated carbocycles. The zero-order valence-electron chi connectivity index (χ0n) is 25.9. The number of aryl methyl sites for hydroxylation is 1. The van der Waals surface area contributed by atoms with Gasteiger partial charge in [-0.25, -0.2) is 9.18 Å². The Balaban J connectivity index is 1.16. The molecule has 0 N–H and O–H groups in total. The number of likely N-dealkylation sites (tertiary alicyclic amines) is 2. The van der Waals surface area contributed by atoms with Gasteiger partial charge in [0.15, 0.2) is 0 Å². The number of ether oxygens (including phenoxy) is 2. The molecule has 5 rings (SSSR count). The number of alkyl halides is 1. The second kappa shape index (κ2) is 13.5. The molecule has 4 heterocycles. The third-order valence-corrected chi connectivity index (χ3v) is 8.44. The van der Waals surface area contributed by atoms with E-state index in [9.17, 15) is 9.59 Å². The van der Waals surface area contributed by atoms with Gasteiger partial charge in [-0.05, 0) is 81.5 Å². The molecule has 0 spiro atoms. The molecule has 8 nitrogen and oxygen atoms in total. The average Bonchev–Trinajstić information content (AvgIpc) is 2.98. The maximum absolute atomic E-state index is 15.3. The van der Waals surface area contributed by atoms with Crippen LogP contribution in [0.15, 0.2) is 53.7 Å². The van der Waals surface area contributed by atoms with Gasteiger partial charge in [0.25, 0.3) is 5.56 Å². The van der Waals surface area contributed by atoms with Crippen molar-refractivity contribution in [1.29, 1.82) is 0 Å². The van der Waals surface area contributed by atoms with Gasteiger partial charge in [0.1, 0.15) is 23.6 Å². The number of amides is 1. The van der Waals surface area contributed by atoms with Crippen LogP contribution in [0.1, 0.15) is 59.8 Å². The second-order valence-corrected chi connectivity index (χ2v) is 13.0. The van der Waals surface area contributed by atoms with Gasteiger partial charge in [0, 0.05) is 63.4 Å². The summed E-state index contributed by atoms with van der Waals surface area (Å²) < 4.78 is 28.7. The van der Waals surface area contributed by atoms with Crippen LogP contribution in [0.4, 0.5) is 9.18 Å². The fraction of sp³-hybridized carbons (Fsp3) is 0.559. The summed E-state index contributed by atoms with van der Waals surface area (Å²) >= 11 is 0. The fourth-order valence-corrected chi connectivity index (χ4v) is 6.09. The summed E-state index contributed by atoms with van der Waals surface area (Å²) in [5.41, 5.74) is 1.42. The van der Waals surface area contributed by atoms with Crippen molar-refractivity contribution < 1.29 is 18.7 Å². The lowest BCUT2D eigenvalue weighted by Gasteiger charge is -2.39. The molecule has 0 radical (unpaired) electrons. The van der Waals surface area contributed by atoms with E-state index in [1.54, 1.807) is 21.9 Å². The Morgan fingerprint density at radius 3 is 2.47 bits per heavy atom. The highest BCUT2D eigenvalue weighted by Crippen LogP contribution is 2.30. The predicted octanol–water partition coefficient (Wildman–Crippen LogP) is 6.30. The number of pyridine rings is 2. The van der Waals surface area contributed by atoms with E-state index < -0.39 is 17.9 Å². The number of rotatable bonds is 8. The molecule has 43 heavy (non-hydrogen) atoms. The molecule has 2 aliphatic rings. The molecule has 2 atom stereocenters. The molecule has 1 aromatic carbocycles. The van der Waals surface area contributed by atoms with Crippen LogP contribution in [0, 0.1) is 5.92 Å². The molecule has 1 amide bonds. The van der Waals surface area contributed by atoms with E-state index in [4.69, 9.17) is 9.47 Å². The molecule has 2 fully saturated rings. The van der Waals surface area contributed by atoms with Crippen molar-refractivity contribution in [2.75, 3.05) is 32.7 Å². The molecule has 2 aromatic heterocycles. The molecule has 2 saturated heterocycles. The number of hydrogen-bond donors (Lipinski definition) is 0. The van der Waals surface area contributed by atoms with Gasteiger partial charge in [-0.2, -0.15) is 0 Å². The van der Waals surface area contributed by atoms with Gasteiger partial charge in [0.05, 0.1) is 5.39 Å². The molecular weight excluding hydrogens is 547 g/mol. The van der Waals surface area contributed by atoms with Crippen molar-refractivity contribution in [1.82, 2.24) is 19.4 Å². The highest BCUT2D eigenvalue weighted by Gasteiger charge is 2.33. The van der Waals surface area contributed by atoms with Crippen LogP contribution in [-0.2, 0) is 11.3 Å². The number of carbonyl (C=O) groups is 1. The number of unbranched alkanes of at least 4 members (excludes halogenated alkanes) is 1. The Morgan fingerprint density at radius 1 is 1.05 bits per heavy atom. The van der Waals surface area contributed by atoms with Gasteiger partial charge in [0.2, 0.25) is 0 Å². The summed E-state index contributed by atoms with van der Waals surface area (Å²) in [6.07, 6.45) is 7.83. The first-order chi connectivity index (χ1) is 20.6. The number of fused-ring (bicyclic) bond motifs is 1. The molecule has 232 valence electrons. The van der Waals surface area contributed by atoms with Crippen molar-refractivity contribution in [3.63, 3.8) is 0 Å². The third kappa shape index (κ3) is 7.74. The van der Waals surface area contributed by atoms with E-state index in [2.05, 4.69) is 16.8 Å². The summed E-state index contributed by atoms with van der Waals surface area (Å²) in [7, 11) is 0. The Bertz CT molecular complexity index is 1440. The second-order valence-electron chi connectivity index (χ2n) is 13.0. The number of piperidine rings is 2. The minimum Gasteiger partial charge on any atom is -0.487 e. The van der Waals surface area contributed by atoms with Crippen LogP contribution in [-0.4, -0.2) is 76.0 Å². The Morgan fingerprint density at radius 2 is 1.79 bits per heavy atom. The smallest absolute Gasteiger partial charge is 0.410 e. The molecule has 9 heteroatoms. The minimum absolute atomic E-state index is 0.0214. The van der Waals surface area contributed by atoms with Crippen molar-refractivity contribution in [3.8, 4) is 16.9 Å². The lowest BCUT2D eigenvalue weighted by Crippen LogP contribution is -2.49. The largest absolute Gasteiger partial charge is 0.487 e. The summed E-state index contributed by atoms with van der Waals surface area (Å²) in [4.78, 5) is 33.5. The Labute approximate surface area is 253 Å². The van der Waals surface area contributed by atoms with E-state index in [0.29, 0.717) is 49.7 Å². The molecule has 3 aromatic rings. The van der Waals surface area contributed by atoms with Crippen LogP contribution in [0.5, 0.6) is 5.75 Å². The highest BCUT2D eigenvalue weighted by molar-refractivity contribution is 5.95. The lowest BCUT2D eigenvalue weighted by molar-refractivity contribution is 0.00473. The first-order valence-corrected chi connectivity index (χ1v) is 15.7. The van der Waals surface area contributed by atoms with E-state index in [1.165, 1.54) is 0 Å². The first-order valence-electron chi connectivity index (χ1n) is 15.7. The average molecular weight is 593 g/mol. The number of aromatic nitrogens is 2. The van der Waals surface area contributed by atoms with Gasteiger partial charge in [-0.15, -0.1) is 0 Å². The summed E-state index contributed by atoms with van der Waals surface area (Å²) in [6.45, 7) is 11.8. The van der Waals surface area contributed by atoms with Crippen LogP contribution in [0.3, 0.4) is 0 Å². The maximum Gasteiger partial charge on any atom is 0.410 e. The molecule has 0 bridgehead atoms. The monoisotopic (exact) mass is 592 g/mol. The van der Waals surface area contributed by atoms with Gasteiger partial charge < -0.3 is 18.9 Å². The standard InChI is InChI=1S/C34H45FN4O4/c1-5-6-16-39-22-29(27-11-15-36-20-28(27)32(39)40)25-7-9-26(10-8-25)42-31-14-17-37(23-30(31)35)21-24-12-18-38(19-13-24)33(41)43-34(2,3)4/h7-11,15,20,22,24,30-31H,5-6,12-14,16-19,21,23H2,1-4H3/t30-,31-/m0/s1. The van der Waals surface area contributed by atoms with E-state index in [-0.39, 0.29) is 11.7 Å². The quantitative estimate of drug-likeness (QED) is 0.306. The van der Waals surface area contributed by atoms with Crippen molar-refractivity contribution in [2.24, 2.45) is 5.92 Å². The Kier molecular flexibility index (Phi) is 9.69. The summed E-state index contributed by atoms with van der Waals surface area (Å²) in [5.74, 6) is 1.09. The summed E-state index contributed by atoms with van der Waals surface area (Å²) in [5, 5.41) is 1.48. The SMILES string of the molecule is CCCCn1cc(-c2ccc(O[C@H]3CCN(CC4CCN(C(=O)OC(C)(C)C)CC4)C[C@@H]3F)cc2)c2ccncc2c1=O. The van der Waals surface area contributed by atoms with Gasteiger partial charge >= 0.3 is 6.09 Å². The Hall–Kier alpha value is -3.46.